The van der Waals surface area contributed by atoms with Crippen molar-refractivity contribution < 1.29 is 17.9 Å². The molecule has 0 saturated carbocycles. The first-order valence-corrected chi connectivity index (χ1v) is 8.70. The standard InChI is InChI=1S/C20H23F3N2O.2ClH/c1-14-11-15(2)13-17(12-14)19(25-9-7-24-8-10-25)16-3-5-18(6-4-16)26-20(21,22)23;;/h3-6,11-13,19,24H,7-10H2,1-2H3;2*1H/t19-;;/m0../s1. The van der Waals surface area contributed by atoms with Crippen LogP contribution in [-0.4, -0.2) is 37.4 Å². The molecule has 1 aliphatic rings. The minimum absolute atomic E-state index is 0. The topological polar surface area (TPSA) is 24.5 Å². The molecule has 28 heavy (non-hydrogen) atoms. The third-order valence-corrected chi connectivity index (χ3v) is 4.51. The van der Waals surface area contributed by atoms with Crippen LogP contribution in [0.5, 0.6) is 5.75 Å². The van der Waals surface area contributed by atoms with Crippen molar-refractivity contribution in [3.05, 3.63) is 64.7 Å². The Labute approximate surface area is 176 Å². The molecule has 8 heteroatoms. The van der Waals surface area contributed by atoms with Crippen LogP contribution in [0.4, 0.5) is 13.2 Å². The van der Waals surface area contributed by atoms with Gasteiger partial charge in [0.1, 0.15) is 5.75 Å². The molecule has 0 aliphatic carbocycles. The highest BCUT2D eigenvalue weighted by atomic mass is 35.5. The molecule has 0 bridgehead atoms. The van der Waals surface area contributed by atoms with Gasteiger partial charge < -0.3 is 10.1 Å². The van der Waals surface area contributed by atoms with E-state index in [0.29, 0.717) is 0 Å². The molecule has 1 fully saturated rings. The molecular formula is C20H25Cl2F3N2O. The van der Waals surface area contributed by atoms with Gasteiger partial charge in [-0.15, -0.1) is 38.0 Å². The van der Waals surface area contributed by atoms with Crippen LogP contribution in [0.1, 0.15) is 28.3 Å². The highest BCUT2D eigenvalue weighted by molar-refractivity contribution is 5.85. The van der Waals surface area contributed by atoms with Gasteiger partial charge in [-0.3, -0.25) is 4.90 Å². The van der Waals surface area contributed by atoms with Crippen LogP contribution in [0, 0.1) is 13.8 Å². The average molecular weight is 437 g/mol. The number of halogens is 5. The predicted molar refractivity (Wildman–Crippen MR) is 110 cm³/mol. The Morgan fingerprint density at radius 2 is 1.43 bits per heavy atom. The summed E-state index contributed by atoms with van der Waals surface area (Å²) in [7, 11) is 0. The van der Waals surface area contributed by atoms with Gasteiger partial charge in [-0.05, 0) is 37.1 Å². The van der Waals surface area contributed by atoms with Crippen molar-refractivity contribution in [2.45, 2.75) is 26.3 Å². The number of nitrogens with one attached hydrogen (secondary N) is 1. The van der Waals surface area contributed by atoms with E-state index in [0.717, 1.165) is 37.3 Å². The minimum Gasteiger partial charge on any atom is -0.406 e. The summed E-state index contributed by atoms with van der Waals surface area (Å²) in [6.45, 7) is 7.70. The van der Waals surface area contributed by atoms with Gasteiger partial charge in [0.2, 0.25) is 0 Å². The lowest BCUT2D eigenvalue weighted by atomic mass is 9.93. The van der Waals surface area contributed by atoms with Gasteiger partial charge in [0, 0.05) is 26.2 Å². The molecule has 2 aromatic rings. The van der Waals surface area contributed by atoms with Gasteiger partial charge in [0.05, 0.1) is 6.04 Å². The fourth-order valence-corrected chi connectivity index (χ4v) is 3.57. The van der Waals surface area contributed by atoms with E-state index < -0.39 is 6.36 Å². The lowest BCUT2D eigenvalue weighted by Crippen LogP contribution is -2.45. The quantitative estimate of drug-likeness (QED) is 0.726. The van der Waals surface area contributed by atoms with E-state index in [9.17, 15) is 13.2 Å². The van der Waals surface area contributed by atoms with Crippen LogP contribution < -0.4 is 10.1 Å². The number of rotatable bonds is 4. The Morgan fingerprint density at radius 1 is 0.893 bits per heavy atom. The van der Waals surface area contributed by atoms with E-state index in [4.69, 9.17) is 0 Å². The third kappa shape index (κ3) is 6.55. The molecule has 1 heterocycles. The number of aryl methyl sites for hydroxylation is 2. The van der Waals surface area contributed by atoms with Crippen molar-refractivity contribution in [3.63, 3.8) is 0 Å². The number of alkyl halides is 3. The zero-order valence-electron chi connectivity index (χ0n) is 15.8. The van der Waals surface area contributed by atoms with Gasteiger partial charge >= 0.3 is 6.36 Å². The normalized spacial score (nSPS) is 15.9. The summed E-state index contributed by atoms with van der Waals surface area (Å²) >= 11 is 0. The van der Waals surface area contributed by atoms with Crippen LogP contribution in [0.15, 0.2) is 42.5 Å². The van der Waals surface area contributed by atoms with Gasteiger partial charge in [-0.2, -0.15) is 0 Å². The molecule has 0 aromatic heterocycles. The Bertz CT molecular complexity index is 728. The van der Waals surface area contributed by atoms with E-state index in [2.05, 4.69) is 47.0 Å². The molecule has 3 rings (SSSR count). The maximum Gasteiger partial charge on any atom is 0.573 e. The second kappa shape index (κ2) is 10.3. The molecular weight excluding hydrogens is 412 g/mol. The summed E-state index contributed by atoms with van der Waals surface area (Å²) in [4.78, 5) is 2.37. The molecule has 0 radical (unpaired) electrons. The van der Waals surface area contributed by atoms with Crippen LogP contribution in [0.2, 0.25) is 0 Å². The molecule has 1 aliphatic heterocycles. The average Bonchev–Trinajstić information content (AvgIpc) is 2.55. The number of benzene rings is 2. The van der Waals surface area contributed by atoms with E-state index in [1.54, 1.807) is 12.1 Å². The summed E-state index contributed by atoms with van der Waals surface area (Å²) in [5.41, 5.74) is 4.48. The number of nitrogens with zero attached hydrogens (tertiary/aromatic N) is 1. The molecule has 1 atom stereocenters. The number of piperazine rings is 1. The van der Waals surface area contributed by atoms with E-state index >= 15 is 0 Å². The monoisotopic (exact) mass is 436 g/mol. The van der Waals surface area contributed by atoms with Crippen molar-refractivity contribution in [2.24, 2.45) is 0 Å². The SMILES string of the molecule is Cc1cc(C)cc([C@H](c2ccc(OC(F)(F)F)cc2)N2CCNCC2)c1.Cl.Cl. The largest absolute Gasteiger partial charge is 0.573 e. The van der Waals surface area contributed by atoms with E-state index in [1.807, 2.05) is 0 Å². The first-order chi connectivity index (χ1) is 12.3. The Morgan fingerprint density at radius 3 is 1.93 bits per heavy atom. The van der Waals surface area contributed by atoms with Crippen molar-refractivity contribution in [1.29, 1.82) is 0 Å². The molecule has 156 valence electrons. The molecule has 2 aromatic carbocycles. The predicted octanol–water partition coefficient (Wildman–Crippen LogP) is 5.04. The van der Waals surface area contributed by atoms with Gasteiger partial charge in [-0.25, -0.2) is 0 Å². The summed E-state index contributed by atoms with van der Waals surface area (Å²) in [5.74, 6) is -0.194. The third-order valence-electron chi connectivity index (χ3n) is 4.51. The maximum atomic E-state index is 12.4. The van der Waals surface area contributed by atoms with E-state index in [-0.39, 0.29) is 36.6 Å². The van der Waals surface area contributed by atoms with Crippen LogP contribution in [0.25, 0.3) is 0 Å². The number of hydrogen-bond donors (Lipinski definition) is 1. The molecule has 1 saturated heterocycles. The number of hydrogen-bond acceptors (Lipinski definition) is 3. The first kappa shape index (κ1) is 24.6. The molecule has 1 N–H and O–H groups in total. The molecule has 0 unspecified atom stereocenters. The van der Waals surface area contributed by atoms with Crippen LogP contribution in [0.3, 0.4) is 0 Å². The highest BCUT2D eigenvalue weighted by Crippen LogP contribution is 2.32. The highest BCUT2D eigenvalue weighted by Gasteiger charge is 2.31. The Balaban J connectivity index is 0.00000196. The van der Waals surface area contributed by atoms with Crippen LogP contribution in [-0.2, 0) is 0 Å². The van der Waals surface area contributed by atoms with Crippen molar-refractivity contribution in [3.8, 4) is 5.75 Å². The summed E-state index contributed by atoms with van der Waals surface area (Å²) in [6.07, 6.45) is -4.67. The lowest BCUT2D eigenvalue weighted by Gasteiger charge is -2.36. The summed E-state index contributed by atoms with van der Waals surface area (Å²) in [5, 5.41) is 3.34. The fraction of sp³-hybridized carbons (Fsp3) is 0.400. The number of ether oxygens (including phenoxy) is 1. The van der Waals surface area contributed by atoms with Gasteiger partial charge in [0.25, 0.3) is 0 Å². The van der Waals surface area contributed by atoms with Gasteiger partial charge in [0.15, 0.2) is 0 Å². The fourth-order valence-electron chi connectivity index (χ4n) is 3.57. The van der Waals surface area contributed by atoms with Crippen molar-refractivity contribution >= 4 is 24.8 Å². The molecule has 0 spiro atoms. The second-order valence-corrected chi connectivity index (χ2v) is 6.73. The van der Waals surface area contributed by atoms with E-state index in [1.165, 1.54) is 23.3 Å². The van der Waals surface area contributed by atoms with Crippen molar-refractivity contribution in [2.75, 3.05) is 26.2 Å². The second-order valence-electron chi connectivity index (χ2n) is 6.73. The zero-order valence-corrected chi connectivity index (χ0v) is 17.4. The van der Waals surface area contributed by atoms with Gasteiger partial charge in [-0.1, -0.05) is 41.5 Å². The first-order valence-electron chi connectivity index (χ1n) is 8.70. The van der Waals surface area contributed by atoms with Crippen molar-refractivity contribution in [1.82, 2.24) is 10.2 Å². The Kier molecular flexibility index (Phi) is 9.08. The Hall–Kier alpha value is -1.47. The smallest absolute Gasteiger partial charge is 0.406 e. The molecule has 3 nitrogen and oxygen atoms in total. The summed E-state index contributed by atoms with van der Waals surface area (Å²) < 4.78 is 41.2. The minimum atomic E-state index is -4.67. The summed E-state index contributed by atoms with van der Waals surface area (Å²) in [6, 6.07) is 12.7. The molecule has 0 amide bonds. The van der Waals surface area contributed by atoms with Crippen LogP contribution >= 0.6 is 24.8 Å². The lowest BCUT2D eigenvalue weighted by molar-refractivity contribution is -0.274. The zero-order chi connectivity index (χ0) is 18.7. The maximum absolute atomic E-state index is 12.4.